The fourth-order valence-corrected chi connectivity index (χ4v) is 1.63. The second-order valence-corrected chi connectivity index (χ2v) is 5.69. The summed E-state index contributed by atoms with van der Waals surface area (Å²) < 4.78 is 38.3. The maximum atomic E-state index is 12.8. The van der Waals surface area contributed by atoms with Crippen molar-refractivity contribution >= 4 is 11.9 Å². The van der Waals surface area contributed by atoms with Gasteiger partial charge >= 0.3 is 12.2 Å². The molecule has 1 unspecified atom stereocenters. The lowest BCUT2D eigenvalue weighted by atomic mass is 10.0. The number of hydrogen-bond acceptors (Lipinski definition) is 3. The molecule has 110 valence electrons. The van der Waals surface area contributed by atoms with Crippen LogP contribution < -0.4 is 10.6 Å². The number of nitrogens with one attached hydrogen (secondary N) is 2. The first kappa shape index (κ1) is 15.7. The Morgan fingerprint density at radius 3 is 2.16 bits per heavy atom. The number of carbonyl (C=O) groups is 2. The standard InChI is InChI=1S/C11H18F3N3O2/c1-9(2,3)15-5-6-17-7(18)10(4,11(12,13)14)16-8(17)19/h15H,5-6H2,1-4H3,(H,16,19). The van der Waals surface area contributed by atoms with Gasteiger partial charge in [0.25, 0.3) is 5.91 Å². The van der Waals surface area contributed by atoms with Crippen LogP contribution in [-0.2, 0) is 4.79 Å². The molecule has 1 aliphatic rings. The highest BCUT2D eigenvalue weighted by Gasteiger charge is 2.64. The van der Waals surface area contributed by atoms with Crippen LogP contribution in [0.3, 0.4) is 0 Å². The lowest BCUT2D eigenvalue weighted by molar-refractivity contribution is -0.191. The van der Waals surface area contributed by atoms with E-state index in [0.29, 0.717) is 11.8 Å². The van der Waals surface area contributed by atoms with E-state index >= 15 is 0 Å². The summed E-state index contributed by atoms with van der Waals surface area (Å²) in [5.41, 5.74) is -3.07. The van der Waals surface area contributed by atoms with Crippen LogP contribution in [0.4, 0.5) is 18.0 Å². The molecular formula is C11H18F3N3O2. The Labute approximate surface area is 109 Å². The molecule has 3 amide bonds. The van der Waals surface area contributed by atoms with Crippen LogP contribution in [0.5, 0.6) is 0 Å². The highest BCUT2D eigenvalue weighted by atomic mass is 19.4. The number of halogens is 3. The quantitative estimate of drug-likeness (QED) is 0.765. The summed E-state index contributed by atoms with van der Waals surface area (Å²) in [6.07, 6.45) is -4.81. The van der Waals surface area contributed by atoms with Crippen LogP contribution in [0.2, 0.25) is 0 Å². The lowest BCUT2D eigenvalue weighted by Crippen LogP contribution is -2.56. The van der Waals surface area contributed by atoms with E-state index in [2.05, 4.69) is 5.32 Å². The zero-order valence-corrected chi connectivity index (χ0v) is 11.3. The van der Waals surface area contributed by atoms with Crippen LogP contribution in [0, 0.1) is 0 Å². The van der Waals surface area contributed by atoms with Gasteiger partial charge in [-0.25, -0.2) is 4.79 Å². The molecule has 0 bridgehead atoms. The Kier molecular flexibility index (Phi) is 3.86. The van der Waals surface area contributed by atoms with Gasteiger partial charge in [0, 0.05) is 18.6 Å². The Balaban J connectivity index is 2.73. The van der Waals surface area contributed by atoms with Crippen molar-refractivity contribution in [3.8, 4) is 0 Å². The van der Waals surface area contributed by atoms with E-state index in [9.17, 15) is 22.8 Å². The number of imide groups is 1. The van der Waals surface area contributed by atoms with E-state index in [-0.39, 0.29) is 18.6 Å². The molecule has 19 heavy (non-hydrogen) atoms. The molecule has 0 aromatic heterocycles. The molecule has 0 spiro atoms. The van der Waals surface area contributed by atoms with E-state index in [1.165, 1.54) is 0 Å². The van der Waals surface area contributed by atoms with Gasteiger partial charge < -0.3 is 10.6 Å². The third-order valence-electron chi connectivity index (χ3n) is 2.83. The monoisotopic (exact) mass is 281 g/mol. The van der Waals surface area contributed by atoms with Crippen molar-refractivity contribution in [2.45, 2.75) is 44.9 Å². The van der Waals surface area contributed by atoms with Gasteiger partial charge in [0.2, 0.25) is 5.54 Å². The first-order chi connectivity index (χ1) is 8.38. The minimum atomic E-state index is -4.81. The summed E-state index contributed by atoms with van der Waals surface area (Å²) in [6.45, 7) is 6.42. The molecule has 8 heteroatoms. The molecule has 0 saturated carbocycles. The Morgan fingerprint density at radius 1 is 1.26 bits per heavy atom. The van der Waals surface area contributed by atoms with Crippen molar-refractivity contribution in [1.29, 1.82) is 0 Å². The molecular weight excluding hydrogens is 263 g/mol. The molecule has 5 nitrogen and oxygen atoms in total. The lowest BCUT2D eigenvalue weighted by Gasteiger charge is -2.25. The SMILES string of the molecule is CC(C)(C)NCCN1C(=O)NC(C)(C(F)(F)F)C1=O. The van der Waals surface area contributed by atoms with E-state index in [1.54, 1.807) is 5.32 Å². The third-order valence-corrected chi connectivity index (χ3v) is 2.83. The summed E-state index contributed by atoms with van der Waals surface area (Å²) in [7, 11) is 0. The van der Waals surface area contributed by atoms with Crippen molar-refractivity contribution in [1.82, 2.24) is 15.5 Å². The van der Waals surface area contributed by atoms with Gasteiger partial charge in [0.1, 0.15) is 0 Å². The first-order valence-corrected chi connectivity index (χ1v) is 5.84. The van der Waals surface area contributed by atoms with Gasteiger partial charge in [-0.3, -0.25) is 9.69 Å². The van der Waals surface area contributed by atoms with Crippen molar-refractivity contribution in [3.05, 3.63) is 0 Å². The molecule has 1 heterocycles. The molecule has 1 rings (SSSR count). The molecule has 1 saturated heterocycles. The predicted octanol–water partition coefficient (Wildman–Crippen LogP) is 1.25. The predicted molar refractivity (Wildman–Crippen MR) is 62.5 cm³/mol. The number of amides is 3. The van der Waals surface area contributed by atoms with E-state index in [1.807, 2.05) is 20.8 Å². The topological polar surface area (TPSA) is 61.4 Å². The zero-order valence-electron chi connectivity index (χ0n) is 11.3. The van der Waals surface area contributed by atoms with Crippen LogP contribution in [0.25, 0.3) is 0 Å². The van der Waals surface area contributed by atoms with E-state index in [0.717, 1.165) is 0 Å². The molecule has 1 aliphatic heterocycles. The number of hydrogen-bond donors (Lipinski definition) is 2. The highest BCUT2D eigenvalue weighted by Crippen LogP contribution is 2.34. The van der Waals surface area contributed by atoms with Gasteiger partial charge in [0.15, 0.2) is 0 Å². The van der Waals surface area contributed by atoms with E-state index < -0.39 is 23.7 Å². The average Bonchev–Trinajstić information content (AvgIpc) is 2.40. The Bertz CT molecular complexity index is 390. The fraction of sp³-hybridized carbons (Fsp3) is 0.818. The maximum absolute atomic E-state index is 12.8. The van der Waals surface area contributed by atoms with Gasteiger partial charge in [-0.1, -0.05) is 0 Å². The van der Waals surface area contributed by atoms with Crippen LogP contribution in [0.15, 0.2) is 0 Å². The maximum Gasteiger partial charge on any atom is 0.420 e. The minimum Gasteiger partial charge on any atom is -0.316 e. The Hall–Kier alpha value is -1.31. The zero-order chi connectivity index (χ0) is 15.1. The van der Waals surface area contributed by atoms with Crippen LogP contribution in [-0.4, -0.2) is 47.2 Å². The number of alkyl halides is 3. The molecule has 1 atom stereocenters. The molecule has 2 N–H and O–H groups in total. The van der Waals surface area contributed by atoms with Crippen LogP contribution >= 0.6 is 0 Å². The second-order valence-electron chi connectivity index (χ2n) is 5.69. The minimum absolute atomic E-state index is 0.104. The number of rotatable bonds is 3. The smallest absolute Gasteiger partial charge is 0.316 e. The van der Waals surface area contributed by atoms with Gasteiger partial charge in [-0.2, -0.15) is 13.2 Å². The van der Waals surface area contributed by atoms with Crippen LogP contribution in [0.1, 0.15) is 27.7 Å². The Morgan fingerprint density at radius 2 is 1.79 bits per heavy atom. The highest BCUT2D eigenvalue weighted by molar-refractivity contribution is 6.07. The largest absolute Gasteiger partial charge is 0.420 e. The molecule has 0 aromatic rings. The summed E-state index contributed by atoms with van der Waals surface area (Å²) in [4.78, 5) is 23.8. The normalized spacial score (nSPS) is 24.9. The number of carbonyl (C=O) groups excluding carboxylic acids is 2. The number of nitrogens with zero attached hydrogens (tertiary/aromatic N) is 1. The first-order valence-electron chi connectivity index (χ1n) is 5.84. The molecule has 0 radical (unpaired) electrons. The summed E-state index contributed by atoms with van der Waals surface area (Å²) in [6, 6.07) is -1.01. The van der Waals surface area contributed by atoms with Crippen molar-refractivity contribution in [3.63, 3.8) is 0 Å². The summed E-state index contributed by atoms with van der Waals surface area (Å²) in [5, 5.41) is 4.70. The molecule has 0 aliphatic carbocycles. The average molecular weight is 281 g/mol. The molecule has 1 fully saturated rings. The van der Waals surface area contributed by atoms with Gasteiger partial charge in [-0.15, -0.1) is 0 Å². The third kappa shape index (κ3) is 3.17. The van der Waals surface area contributed by atoms with Crippen molar-refractivity contribution in [2.24, 2.45) is 0 Å². The number of urea groups is 1. The summed E-state index contributed by atoms with van der Waals surface area (Å²) in [5.74, 6) is -1.26. The van der Waals surface area contributed by atoms with E-state index in [4.69, 9.17) is 0 Å². The van der Waals surface area contributed by atoms with Crippen molar-refractivity contribution in [2.75, 3.05) is 13.1 Å². The van der Waals surface area contributed by atoms with Crippen molar-refractivity contribution < 1.29 is 22.8 Å². The second kappa shape index (κ2) is 4.66. The van der Waals surface area contributed by atoms with Gasteiger partial charge in [0.05, 0.1) is 0 Å². The molecule has 0 aromatic carbocycles. The van der Waals surface area contributed by atoms with Gasteiger partial charge in [-0.05, 0) is 27.7 Å². The summed E-state index contributed by atoms with van der Waals surface area (Å²) >= 11 is 0. The fourth-order valence-electron chi connectivity index (χ4n) is 1.63.